The maximum Gasteiger partial charge on any atom is 0.408 e. The molecule has 0 spiro atoms. The number of carbonyl (C=O) groups excluding carboxylic acids is 2. The summed E-state index contributed by atoms with van der Waals surface area (Å²) in [4.78, 5) is 35.9. The third kappa shape index (κ3) is 10.0. The first kappa shape index (κ1) is 29.0. The van der Waals surface area contributed by atoms with Gasteiger partial charge in [0.05, 0.1) is 6.16 Å². The molecule has 0 fully saturated rings. The van der Waals surface area contributed by atoms with Gasteiger partial charge in [-0.05, 0) is 42.0 Å². The lowest BCUT2D eigenvalue weighted by atomic mass is 10.1. The van der Waals surface area contributed by atoms with Crippen molar-refractivity contribution in [3.05, 3.63) is 102 Å². The fourth-order valence-electron chi connectivity index (χ4n) is 3.64. The van der Waals surface area contributed by atoms with Crippen LogP contribution in [0.3, 0.4) is 0 Å². The summed E-state index contributed by atoms with van der Waals surface area (Å²) in [5.74, 6) is -0.404. The predicted molar refractivity (Wildman–Crippen MR) is 145 cm³/mol. The van der Waals surface area contributed by atoms with Crippen molar-refractivity contribution in [2.75, 3.05) is 6.16 Å². The number of ether oxygens (including phenoxy) is 2. The standard InChI is InChI=1S/C29H34NO7P/c1-2-3-16-25-17-10-11-18-27(25)37-38(33,34)20-19-26(28(31)35-21-23-12-6-4-7-13-23)30-29(32)36-22-24-14-8-5-9-15-24/h4-15,17-18,26H,2-3,16,19-22H2,1H3,(H,30,32)(H,33,34). The molecule has 9 heteroatoms. The zero-order valence-electron chi connectivity index (χ0n) is 21.5. The van der Waals surface area contributed by atoms with Gasteiger partial charge in [0.1, 0.15) is 25.0 Å². The van der Waals surface area contributed by atoms with Gasteiger partial charge in [-0.15, -0.1) is 0 Å². The van der Waals surface area contributed by atoms with Gasteiger partial charge < -0.3 is 24.2 Å². The van der Waals surface area contributed by atoms with Crippen molar-refractivity contribution in [2.24, 2.45) is 0 Å². The molecule has 0 aromatic heterocycles. The number of amides is 1. The summed E-state index contributed by atoms with van der Waals surface area (Å²) >= 11 is 0. The number of aryl methyl sites for hydroxylation is 1. The summed E-state index contributed by atoms with van der Waals surface area (Å²) in [5.41, 5.74) is 2.39. The normalized spacial score (nSPS) is 13.1. The minimum Gasteiger partial charge on any atom is -0.459 e. The number of hydrogen-bond acceptors (Lipinski definition) is 6. The molecule has 3 aromatic carbocycles. The second-order valence-corrected chi connectivity index (χ2v) is 10.7. The molecule has 0 saturated carbocycles. The molecular weight excluding hydrogens is 505 g/mol. The van der Waals surface area contributed by atoms with Crippen LogP contribution < -0.4 is 9.84 Å². The Morgan fingerprint density at radius 1 is 0.868 bits per heavy atom. The van der Waals surface area contributed by atoms with E-state index in [9.17, 15) is 19.0 Å². The smallest absolute Gasteiger partial charge is 0.408 e. The molecule has 2 unspecified atom stereocenters. The van der Waals surface area contributed by atoms with Crippen LogP contribution in [-0.4, -0.2) is 29.2 Å². The molecule has 0 saturated heterocycles. The summed E-state index contributed by atoms with van der Waals surface area (Å²) < 4.78 is 29.1. The summed E-state index contributed by atoms with van der Waals surface area (Å²) in [6, 6.07) is 24.1. The lowest BCUT2D eigenvalue weighted by Crippen LogP contribution is -2.42. The summed E-state index contributed by atoms with van der Waals surface area (Å²) in [6.45, 7) is 2.07. The molecule has 1 amide bonds. The van der Waals surface area contributed by atoms with Crippen LogP contribution in [0.2, 0.25) is 0 Å². The number of nitrogens with one attached hydrogen (secondary N) is 1. The lowest BCUT2D eigenvalue weighted by molar-refractivity contribution is -0.147. The van der Waals surface area contributed by atoms with Crippen LogP contribution in [0.5, 0.6) is 5.75 Å². The van der Waals surface area contributed by atoms with Crippen LogP contribution in [0.25, 0.3) is 0 Å². The van der Waals surface area contributed by atoms with E-state index in [-0.39, 0.29) is 25.8 Å². The zero-order valence-corrected chi connectivity index (χ0v) is 22.3. The highest BCUT2D eigenvalue weighted by Crippen LogP contribution is 2.44. The Morgan fingerprint density at radius 2 is 1.45 bits per heavy atom. The van der Waals surface area contributed by atoms with E-state index in [0.29, 0.717) is 5.75 Å². The first-order valence-electron chi connectivity index (χ1n) is 12.6. The minimum atomic E-state index is -4.15. The van der Waals surface area contributed by atoms with Crippen molar-refractivity contribution in [2.45, 2.75) is 51.9 Å². The largest absolute Gasteiger partial charge is 0.459 e. The number of benzene rings is 3. The molecule has 0 aliphatic carbocycles. The first-order valence-corrected chi connectivity index (χ1v) is 14.4. The average molecular weight is 540 g/mol. The van der Waals surface area contributed by atoms with Crippen molar-refractivity contribution in [3.8, 4) is 5.75 Å². The van der Waals surface area contributed by atoms with Gasteiger partial charge in [-0.2, -0.15) is 0 Å². The Kier molecular flexibility index (Phi) is 11.4. The van der Waals surface area contributed by atoms with Crippen molar-refractivity contribution >= 4 is 19.7 Å². The molecular formula is C29H34NO7P. The van der Waals surface area contributed by atoms with Crippen molar-refractivity contribution < 1.29 is 33.0 Å². The molecule has 0 radical (unpaired) electrons. The molecule has 2 atom stereocenters. The van der Waals surface area contributed by atoms with E-state index in [0.717, 1.165) is 36.0 Å². The van der Waals surface area contributed by atoms with Crippen LogP contribution in [0.4, 0.5) is 4.79 Å². The fourth-order valence-corrected chi connectivity index (χ4v) is 4.80. The predicted octanol–water partition coefficient (Wildman–Crippen LogP) is 6.02. The topological polar surface area (TPSA) is 111 Å². The fraction of sp³-hybridized carbons (Fsp3) is 0.310. The van der Waals surface area contributed by atoms with Crippen LogP contribution in [0.1, 0.15) is 42.9 Å². The molecule has 0 bridgehead atoms. The molecule has 3 aromatic rings. The lowest BCUT2D eigenvalue weighted by Gasteiger charge is -2.20. The van der Waals surface area contributed by atoms with Gasteiger partial charge in [-0.1, -0.05) is 92.2 Å². The van der Waals surface area contributed by atoms with E-state index in [1.807, 2.05) is 48.5 Å². The highest BCUT2D eigenvalue weighted by molar-refractivity contribution is 7.53. The molecule has 0 heterocycles. The Balaban J connectivity index is 1.64. The highest BCUT2D eigenvalue weighted by Gasteiger charge is 2.29. The number of carbonyl (C=O) groups is 2. The van der Waals surface area contributed by atoms with Crippen molar-refractivity contribution in [1.29, 1.82) is 0 Å². The first-order chi connectivity index (χ1) is 18.4. The second-order valence-electron chi connectivity index (χ2n) is 8.80. The minimum absolute atomic E-state index is 0.00495. The summed E-state index contributed by atoms with van der Waals surface area (Å²) in [5, 5.41) is 2.48. The zero-order chi connectivity index (χ0) is 27.2. The third-order valence-corrected chi connectivity index (χ3v) is 7.03. The van der Waals surface area contributed by atoms with E-state index in [1.165, 1.54) is 0 Å². The van der Waals surface area contributed by atoms with E-state index < -0.39 is 25.7 Å². The van der Waals surface area contributed by atoms with Crippen LogP contribution in [0, 0.1) is 0 Å². The van der Waals surface area contributed by atoms with Crippen LogP contribution in [-0.2, 0) is 38.5 Å². The third-order valence-electron chi connectivity index (χ3n) is 5.73. The quantitative estimate of drug-likeness (QED) is 0.190. The van der Waals surface area contributed by atoms with Gasteiger partial charge >= 0.3 is 19.7 Å². The van der Waals surface area contributed by atoms with Gasteiger partial charge in [0.15, 0.2) is 0 Å². The molecule has 3 rings (SSSR count). The Morgan fingerprint density at radius 3 is 2.08 bits per heavy atom. The molecule has 0 aliphatic rings. The number of rotatable bonds is 14. The monoisotopic (exact) mass is 539 g/mol. The van der Waals surface area contributed by atoms with Crippen LogP contribution in [0.15, 0.2) is 84.9 Å². The van der Waals surface area contributed by atoms with Crippen LogP contribution >= 0.6 is 7.60 Å². The van der Waals surface area contributed by atoms with Gasteiger partial charge in [0, 0.05) is 0 Å². The molecule has 2 N–H and O–H groups in total. The Labute approximate surface area is 223 Å². The average Bonchev–Trinajstić information content (AvgIpc) is 2.93. The molecule has 8 nitrogen and oxygen atoms in total. The van der Waals surface area contributed by atoms with Gasteiger partial charge in [-0.3, -0.25) is 0 Å². The van der Waals surface area contributed by atoms with Crippen molar-refractivity contribution in [3.63, 3.8) is 0 Å². The maximum atomic E-state index is 12.9. The number of hydrogen-bond donors (Lipinski definition) is 2. The molecule has 202 valence electrons. The second kappa shape index (κ2) is 15.0. The van der Waals surface area contributed by atoms with Gasteiger partial charge in [-0.25, -0.2) is 14.2 Å². The summed E-state index contributed by atoms with van der Waals surface area (Å²) in [6.07, 6.45) is 1.22. The van der Waals surface area contributed by atoms with E-state index >= 15 is 0 Å². The summed E-state index contributed by atoms with van der Waals surface area (Å²) in [7, 11) is -4.15. The molecule has 38 heavy (non-hydrogen) atoms. The molecule has 0 aliphatic heterocycles. The Hall–Kier alpha value is -3.61. The SMILES string of the molecule is CCCCc1ccccc1OP(=O)(O)CCC(NC(=O)OCc1ccccc1)C(=O)OCc1ccccc1. The van der Waals surface area contributed by atoms with E-state index in [2.05, 4.69) is 12.2 Å². The number of alkyl carbamates (subject to hydrolysis) is 1. The Bertz CT molecular complexity index is 1200. The van der Waals surface area contributed by atoms with Gasteiger partial charge in [0.2, 0.25) is 0 Å². The number of esters is 1. The number of unbranched alkanes of at least 4 members (excludes halogenated alkanes) is 1. The maximum absolute atomic E-state index is 12.9. The van der Waals surface area contributed by atoms with E-state index in [1.54, 1.807) is 36.4 Å². The highest BCUT2D eigenvalue weighted by atomic mass is 31.2. The van der Waals surface area contributed by atoms with Gasteiger partial charge in [0.25, 0.3) is 0 Å². The number of para-hydroxylation sites is 1. The van der Waals surface area contributed by atoms with Crippen molar-refractivity contribution in [1.82, 2.24) is 5.32 Å². The van der Waals surface area contributed by atoms with E-state index in [4.69, 9.17) is 14.0 Å².